The topological polar surface area (TPSA) is 12.5 Å². The molecule has 0 N–H and O–H groups in total. The van der Waals surface area contributed by atoms with Crippen LogP contribution in [-0.4, -0.2) is 31.1 Å². The minimum atomic E-state index is -0.0369. The number of hydrogen-bond donors (Lipinski definition) is 0. The third-order valence-corrected chi connectivity index (χ3v) is 4.32. The quantitative estimate of drug-likeness (QED) is 0.486. The molecule has 0 aromatic heterocycles. The fourth-order valence-corrected chi connectivity index (χ4v) is 2.81. The highest BCUT2D eigenvalue weighted by atomic mass is 79.9. The van der Waals surface area contributed by atoms with Gasteiger partial charge < -0.3 is 9.64 Å². The number of nitrogens with zero attached hydrogens (tertiary/aromatic N) is 1. The molecule has 4 heteroatoms. The molecule has 0 aliphatic heterocycles. The highest BCUT2D eigenvalue weighted by molar-refractivity contribution is 8.93. The predicted molar refractivity (Wildman–Crippen MR) is 108 cm³/mol. The molecule has 0 amide bonds. The fourth-order valence-electron chi connectivity index (χ4n) is 2.68. The monoisotopic (exact) mass is 411 g/mol. The van der Waals surface area contributed by atoms with Crippen molar-refractivity contribution < 1.29 is 4.74 Å². The molecule has 0 aliphatic rings. The Hall–Kier alpha value is -0.870. The van der Waals surface area contributed by atoms with Gasteiger partial charge in [0.25, 0.3) is 0 Å². The zero-order valence-electron chi connectivity index (χ0n) is 14.5. The Morgan fingerprint density at radius 3 is 2.08 bits per heavy atom. The van der Waals surface area contributed by atoms with Gasteiger partial charge in [-0.25, -0.2) is 0 Å². The van der Waals surface area contributed by atoms with Crippen molar-refractivity contribution >= 4 is 28.6 Å². The predicted octanol–water partition coefficient (Wildman–Crippen LogP) is 5.76. The van der Waals surface area contributed by atoms with Crippen LogP contribution in [0.2, 0.25) is 5.02 Å². The van der Waals surface area contributed by atoms with E-state index in [1.807, 2.05) is 30.3 Å². The molecule has 0 radical (unpaired) electrons. The first-order valence-electron chi connectivity index (χ1n) is 8.39. The molecule has 2 aromatic rings. The zero-order chi connectivity index (χ0) is 16.5. The Morgan fingerprint density at radius 2 is 1.50 bits per heavy atom. The number of benzene rings is 2. The summed E-state index contributed by atoms with van der Waals surface area (Å²) in [4.78, 5) is 2.42. The lowest BCUT2D eigenvalue weighted by molar-refractivity contribution is 0.0722. The van der Waals surface area contributed by atoms with E-state index in [2.05, 4.69) is 43.0 Å². The molecule has 1 atom stereocenters. The van der Waals surface area contributed by atoms with Gasteiger partial charge in [0, 0.05) is 18.2 Å². The van der Waals surface area contributed by atoms with Gasteiger partial charge in [-0.3, -0.25) is 0 Å². The Labute approximate surface area is 161 Å². The highest BCUT2D eigenvalue weighted by Gasteiger charge is 2.14. The smallest absolute Gasteiger partial charge is 0.108 e. The van der Waals surface area contributed by atoms with Crippen LogP contribution in [-0.2, 0) is 4.74 Å². The maximum atomic E-state index is 6.22. The maximum absolute atomic E-state index is 6.22. The molecule has 132 valence electrons. The summed E-state index contributed by atoms with van der Waals surface area (Å²) in [6, 6.07) is 18.3. The van der Waals surface area contributed by atoms with Crippen LogP contribution in [0, 0.1) is 0 Å². The van der Waals surface area contributed by atoms with Crippen LogP contribution in [0.5, 0.6) is 0 Å². The summed E-state index contributed by atoms with van der Waals surface area (Å²) in [5, 5.41) is 0.752. The summed E-state index contributed by atoms with van der Waals surface area (Å²) >= 11 is 6.01. The van der Waals surface area contributed by atoms with Gasteiger partial charge in [0.15, 0.2) is 0 Å². The van der Waals surface area contributed by atoms with Gasteiger partial charge in [-0.2, -0.15) is 0 Å². The number of ether oxygens (including phenoxy) is 1. The van der Waals surface area contributed by atoms with Crippen LogP contribution in [0.1, 0.15) is 37.5 Å². The van der Waals surface area contributed by atoms with Crippen molar-refractivity contribution in [2.45, 2.75) is 26.4 Å². The Bertz CT molecular complexity index is 558. The van der Waals surface area contributed by atoms with E-state index in [1.165, 1.54) is 5.56 Å². The zero-order valence-corrected chi connectivity index (χ0v) is 16.9. The van der Waals surface area contributed by atoms with Gasteiger partial charge in [-0.1, -0.05) is 67.9 Å². The van der Waals surface area contributed by atoms with E-state index in [0.29, 0.717) is 0 Å². The highest BCUT2D eigenvalue weighted by Crippen LogP contribution is 2.27. The van der Waals surface area contributed by atoms with Gasteiger partial charge in [-0.05, 0) is 42.8 Å². The molecule has 2 rings (SSSR count). The number of rotatable bonds is 9. The van der Waals surface area contributed by atoms with Crippen molar-refractivity contribution in [2.75, 3.05) is 26.2 Å². The third kappa shape index (κ3) is 6.56. The van der Waals surface area contributed by atoms with Crippen LogP contribution < -0.4 is 0 Å². The molecule has 0 aliphatic carbocycles. The number of hydrogen-bond acceptors (Lipinski definition) is 2. The van der Waals surface area contributed by atoms with Crippen LogP contribution in [0.3, 0.4) is 0 Å². The Balaban J connectivity index is 0.00000288. The summed E-state index contributed by atoms with van der Waals surface area (Å²) < 4.78 is 6.22. The molecule has 0 spiro atoms. The minimum Gasteiger partial charge on any atom is -0.369 e. The van der Waals surface area contributed by atoms with Crippen molar-refractivity contribution in [3.8, 4) is 0 Å². The molecular formula is C20H27BrClNO. The van der Waals surface area contributed by atoms with E-state index < -0.39 is 0 Å². The fraction of sp³-hybridized carbons (Fsp3) is 0.400. The third-order valence-electron chi connectivity index (χ3n) is 4.07. The average molecular weight is 413 g/mol. The van der Waals surface area contributed by atoms with Crippen molar-refractivity contribution in [2.24, 2.45) is 0 Å². The van der Waals surface area contributed by atoms with Crippen LogP contribution >= 0.6 is 28.6 Å². The van der Waals surface area contributed by atoms with Crippen molar-refractivity contribution in [3.05, 3.63) is 70.7 Å². The second-order valence-electron chi connectivity index (χ2n) is 5.59. The van der Waals surface area contributed by atoms with E-state index in [0.717, 1.165) is 43.2 Å². The Kier molecular flexibility index (Phi) is 10.3. The minimum absolute atomic E-state index is 0. The average Bonchev–Trinajstić information content (AvgIpc) is 2.60. The van der Waals surface area contributed by atoms with Gasteiger partial charge in [-0.15, -0.1) is 17.0 Å². The molecule has 1 unspecified atom stereocenters. The van der Waals surface area contributed by atoms with Crippen molar-refractivity contribution in [3.63, 3.8) is 0 Å². The molecule has 24 heavy (non-hydrogen) atoms. The first-order chi connectivity index (χ1) is 11.2. The molecule has 0 saturated carbocycles. The molecular weight excluding hydrogens is 386 g/mol. The van der Waals surface area contributed by atoms with Gasteiger partial charge >= 0.3 is 0 Å². The summed E-state index contributed by atoms with van der Waals surface area (Å²) in [7, 11) is 0. The largest absolute Gasteiger partial charge is 0.369 e. The summed E-state index contributed by atoms with van der Waals surface area (Å²) in [5.41, 5.74) is 2.32. The second kappa shape index (κ2) is 11.6. The summed E-state index contributed by atoms with van der Waals surface area (Å²) in [6.07, 6.45) is 1.00. The lowest BCUT2D eigenvalue weighted by Crippen LogP contribution is -2.25. The SMILES string of the molecule is Br.CCN(CC)CCCOC(c1ccccc1)c1ccc(Cl)cc1. The van der Waals surface area contributed by atoms with Crippen LogP contribution in [0.25, 0.3) is 0 Å². The lowest BCUT2D eigenvalue weighted by Gasteiger charge is -2.21. The van der Waals surface area contributed by atoms with Gasteiger partial charge in [0.05, 0.1) is 0 Å². The van der Waals surface area contributed by atoms with Gasteiger partial charge in [0.2, 0.25) is 0 Å². The Morgan fingerprint density at radius 1 is 0.917 bits per heavy atom. The first kappa shape index (κ1) is 21.2. The molecule has 0 bridgehead atoms. The lowest BCUT2D eigenvalue weighted by atomic mass is 10.0. The van der Waals surface area contributed by atoms with E-state index in [4.69, 9.17) is 16.3 Å². The van der Waals surface area contributed by atoms with Gasteiger partial charge in [0.1, 0.15) is 6.10 Å². The van der Waals surface area contributed by atoms with Crippen molar-refractivity contribution in [1.82, 2.24) is 4.90 Å². The summed E-state index contributed by atoms with van der Waals surface area (Å²) in [6.45, 7) is 8.41. The van der Waals surface area contributed by atoms with Crippen LogP contribution in [0.4, 0.5) is 0 Å². The molecule has 0 heterocycles. The van der Waals surface area contributed by atoms with Crippen LogP contribution in [0.15, 0.2) is 54.6 Å². The van der Waals surface area contributed by atoms with E-state index in [-0.39, 0.29) is 23.1 Å². The maximum Gasteiger partial charge on any atom is 0.108 e. The van der Waals surface area contributed by atoms with E-state index in [1.54, 1.807) is 0 Å². The van der Waals surface area contributed by atoms with Crippen molar-refractivity contribution in [1.29, 1.82) is 0 Å². The molecule has 0 fully saturated rings. The standard InChI is InChI=1S/C20H26ClNO.BrH/c1-3-22(4-2)15-8-16-23-20(17-9-6-5-7-10-17)18-11-13-19(21)14-12-18;/h5-7,9-14,20H,3-4,8,15-16H2,1-2H3;1H. The number of halogens is 2. The van der Waals surface area contributed by atoms with E-state index in [9.17, 15) is 0 Å². The molecule has 0 saturated heterocycles. The van der Waals surface area contributed by atoms with E-state index >= 15 is 0 Å². The normalized spacial score (nSPS) is 12.0. The summed E-state index contributed by atoms with van der Waals surface area (Å²) in [5.74, 6) is 0. The first-order valence-corrected chi connectivity index (χ1v) is 8.76. The molecule has 2 nitrogen and oxygen atoms in total. The second-order valence-corrected chi connectivity index (χ2v) is 6.03. The molecule has 2 aromatic carbocycles.